The number of aromatic nitrogens is 1. The van der Waals surface area contributed by atoms with Crippen molar-refractivity contribution in [3.63, 3.8) is 0 Å². The molecule has 3 rings (SSSR count). The van der Waals surface area contributed by atoms with Gasteiger partial charge in [0.1, 0.15) is 0 Å². The van der Waals surface area contributed by atoms with Crippen LogP contribution >= 0.6 is 15.9 Å². The van der Waals surface area contributed by atoms with E-state index in [-0.39, 0.29) is 24.8 Å². The zero-order chi connectivity index (χ0) is 17.6. The van der Waals surface area contributed by atoms with E-state index < -0.39 is 0 Å². The lowest BCUT2D eigenvalue weighted by Crippen LogP contribution is -2.27. The summed E-state index contributed by atoms with van der Waals surface area (Å²) in [6, 6.07) is 16.5. The topological polar surface area (TPSA) is 71.1 Å². The molecule has 0 atom stereocenters. The van der Waals surface area contributed by atoms with Gasteiger partial charge in [-0.3, -0.25) is 14.6 Å². The molecule has 25 heavy (non-hydrogen) atoms. The maximum absolute atomic E-state index is 12.1. The quantitative estimate of drug-likeness (QED) is 0.688. The van der Waals surface area contributed by atoms with Gasteiger partial charge in [-0.2, -0.15) is 0 Å². The van der Waals surface area contributed by atoms with Crippen LogP contribution in [0.1, 0.15) is 16.8 Å². The Balaban J connectivity index is 1.54. The molecule has 2 N–H and O–H groups in total. The van der Waals surface area contributed by atoms with Gasteiger partial charge in [0.25, 0.3) is 5.91 Å². The molecule has 126 valence electrons. The number of amides is 2. The summed E-state index contributed by atoms with van der Waals surface area (Å²) in [7, 11) is 0. The van der Waals surface area contributed by atoms with Crippen LogP contribution in [0.3, 0.4) is 0 Å². The van der Waals surface area contributed by atoms with E-state index >= 15 is 0 Å². The molecule has 0 bridgehead atoms. The van der Waals surface area contributed by atoms with Crippen LogP contribution in [0.5, 0.6) is 0 Å². The number of para-hydroxylation sites is 1. The number of hydrogen-bond donors (Lipinski definition) is 2. The highest BCUT2D eigenvalue weighted by Gasteiger charge is 2.08. The maximum atomic E-state index is 12.1. The summed E-state index contributed by atoms with van der Waals surface area (Å²) in [5.74, 6) is -0.374. The van der Waals surface area contributed by atoms with E-state index in [4.69, 9.17) is 0 Å². The molecule has 0 saturated heterocycles. The van der Waals surface area contributed by atoms with Crippen molar-refractivity contribution < 1.29 is 9.59 Å². The summed E-state index contributed by atoms with van der Waals surface area (Å²) in [5.41, 5.74) is 1.97. The minimum Gasteiger partial charge on any atom is -0.352 e. The molecule has 0 aliphatic heterocycles. The van der Waals surface area contributed by atoms with E-state index in [2.05, 4.69) is 31.5 Å². The highest BCUT2D eigenvalue weighted by atomic mass is 79.9. The first-order valence-corrected chi connectivity index (χ1v) is 8.60. The number of halogens is 1. The molecule has 2 amide bonds. The molecule has 0 aliphatic carbocycles. The average molecular weight is 398 g/mol. The van der Waals surface area contributed by atoms with Crippen molar-refractivity contribution >= 4 is 44.3 Å². The van der Waals surface area contributed by atoms with Crippen molar-refractivity contribution in [1.82, 2.24) is 10.3 Å². The minimum atomic E-state index is -0.202. The lowest BCUT2D eigenvalue weighted by molar-refractivity contribution is -0.116. The van der Waals surface area contributed by atoms with E-state index in [1.54, 1.807) is 30.5 Å². The van der Waals surface area contributed by atoms with Crippen LogP contribution < -0.4 is 10.6 Å². The minimum absolute atomic E-state index is 0.172. The van der Waals surface area contributed by atoms with Crippen LogP contribution in [0.15, 0.2) is 65.3 Å². The van der Waals surface area contributed by atoms with E-state index in [0.29, 0.717) is 11.3 Å². The molecule has 0 unspecified atom stereocenters. The first-order valence-electron chi connectivity index (χ1n) is 7.81. The number of hydrogen-bond acceptors (Lipinski definition) is 3. The fraction of sp³-hybridized carbons (Fsp3) is 0.105. The van der Waals surface area contributed by atoms with Gasteiger partial charge >= 0.3 is 0 Å². The van der Waals surface area contributed by atoms with Gasteiger partial charge in [0.05, 0.1) is 11.2 Å². The Kier molecular flexibility index (Phi) is 5.40. The highest BCUT2D eigenvalue weighted by Crippen LogP contribution is 2.20. The maximum Gasteiger partial charge on any atom is 0.251 e. The molecule has 0 fully saturated rings. The lowest BCUT2D eigenvalue weighted by Gasteiger charge is -2.09. The van der Waals surface area contributed by atoms with Gasteiger partial charge in [0.2, 0.25) is 5.91 Å². The predicted octanol–water partition coefficient (Wildman–Crippen LogP) is 3.76. The van der Waals surface area contributed by atoms with Gasteiger partial charge in [0, 0.05) is 34.6 Å². The normalized spacial score (nSPS) is 10.4. The summed E-state index contributed by atoms with van der Waals surface area (Å²) in [5, 5.41) is 6.55. The predicted molar refractivity (Wildman–Crippen MR) is 101 cm³/mol. The number of carbonyl (C=O) groups is 2. The Morgan fingerprint density at radius 2 is 1.76 bits per heavy atom. The van der Waals surface area contributed by atoms with Crippen molar-refractivity contribution in [1.29, 1.82) is 0 Å². The Bertz CT molecular complexity index is 905. The Labute approximate surface area is 153 Å². The molecular formula is C19H16BrN3O2. The van der Waals surface area contributed by atoms with E-state index in [1.165, 1.54) is 0 Å². The lowest BCUT2D eigenvalue weighted by atomic mass is 10.2. The smallest absolute Gasteiger partial charge is 0.251 e. The fourth-order valence-corrected chi connectivity index (χ4v) is 2.68. The second-order valence-corrected chi connectivity index (χ2v) is 6.36. The van der Waals surface area contributed by atoms with Crippen LogP contribution in [0, 0.1) is 0 Å². The molecular weight excluding hydrogens is 382 g/mol. The Hall–Kier alpha value is -2.73. The zero-order valence-corrected chi connectivity index (χ0v) is 14.9. The largest absolute Gasteiger partial charge is 0.352 e. The number of rotatable bonds is 5. The number of carbonyl (C=O) groups excluding carboxylic acids is 2. The van der Waals surface area contributed by atoms with Crippen molar-refractivity contribution in [3.8, 4) is 0 Å². The van der Waals surface area contributed by atoms with E-state index in [1.807, 2.05) is 30.3 Å². The molecule has 3 aromatic rings. The average Bonchev–Trinajstić information content (AvgIpc) is 2.62. The number of pyridine rings is 1. The van der Waals surface area contributed by atoms with Gasteiger partial charge in [-0.05, 0) is 36.4 Å². The summed E-state index contributed by atoms with van der Waals surface area (Å²) in [6.07, 6.45) is 1.88. The summed E-state index contributed by atoms with van der Waals surface area (Å²) >= 11 is 3.33. The Morgan fingerprint density at radius 1 is 1.00 bits per heavy atom. The fourth-order valence-electron chi connectivity index (χ4n) is 2.41. The van der Waals surface area contributed by atoms with Gasteiger partial charge in [-0.15, -0.1) is 0 Å². The molecule has 0 spiro atoms. The van der Waals surface area contributed by atoms with Crippen LogP contribution in [0.25, 0.3) is 10.9 Å². The standard InChI is InChI=1S/C19H16BrN3O2/c20-15-8-6-14(7-9-15)19(25)22-12-10-17(24)23-16-5-1-3-13-4-2-11-21-18(13)16/h1-9,11H,10,12H2,(H,22,25)(H,23,24). The van der Waals surface area contributed by atoms with Crippen LogP contribution in [-0.2, 0) is 4.79 Å². The first kappa shape index (κ1) is 17.1. The van der Waals surface area contributed by atoms with Gasteiger partial charge in [-0.1, -0.05) is 34.1 Å². The SMILES string of the molecule is O=C(CCNC(=O)c1ccc(Br)cc1)Nc1cccc2cccnc12. The van der Waals surface area contributed by atoms with Gasteiger partial charge in [-0.25, -0.2) is 0 Å². The van der Waals surface area contributed by atoms with Gasteiger partial charge < -0.3 is 10.6 Å². The molecule has 2 aromatic carbocycles. The third kappa shape index (κ3) is 4.42. The van der Waals surface area contributed by atoms with Gasteiger partial charge in [0.15, 0.2) is 0 Å². The number of nitrogens with zero attached hydrogens (tertiary/aromatic N) is 1. The number of nitrogens with one attached hydrogen (secondary N) is 2. The molecule has 1 aromatic heterocycles. The monoisotopic (exact) mass is 397 g/mol. The van der Waals surface area contributed by atoms with Crippen LogP contribution in [0.2, 0.25) is 0 Å². The van der Waals surface area contributed by atoms with Crippen molar-refractivity contribution in [3.05, 3.63) is 70.8 Å². The highest BCUT2D eigenvalue weighted by molar-refractivity contribution is 9.10. The molecule has 0 aliphatic rings. The first-order chi connectivity index (χ1) is 12.1. The number of anilines is 1. The number of benzene rings is 2. The summed E-state index contributed by atoms with van der Waals surface area (Å²) in [4.78, 5) is 28.4. The van der Waals surface area contributed by atoms with E-state index in [0.717, 1.165) is 15.4 Å². The Morgan fingerprint density at radius 3 is 2.56 bits per heavy atom. The van der Waals surface area contributed by atoms with Crippen LogP contribution in [-0.4, -0.2) is 23.3 Å². The second-order valence-electron chi connectivity index (χ2n) is 5.44. The van der Waals surface area contributed by atoms with Crippen LogP contribution in [0.4, 0.5) is 5.69 Å². The molecule has 0 radical (unpaired) electrons. The zero-order valence-electron chi connectivity index (χ0n) is 13.3. The number of fused-ring (bicyclic) bond motifs is 1. The van der Waals surface area contributed by atoms with Crippen molar-refractivity contribution in [2.75, 3.05) is 11.9 Å². The molecule has 0 saturated carbocycles. The molecule has 1 heterocycles. The van der Waals surface area contributed by atoms with Crippen molar-refractivity contribution in [2.45, 2.75) is 6.42 Å². The summed E-state index contributed by atoms with van der Waals surface area (Å²) in [6.45, 7) is 0.263. The van der Waals surface area contributed by atoms with Crippen molar-refractivity contribution in [2.24, 2.45) is 0 Å². The third-order valence-corrected chi connectivity index (χ3v) is 4.18. The third-order valence-electron chi connectivity index (χ3n) is 3.65. The van der Waals surface area contributed by atoms with E-state index in [9.17, 15) is 9.59 Å². The summed E-state index contributed by atoms with van der Waals surface area (Å²) < 4.78 is 0.909. The molecule has 6 heteroatoms. The second kappa shape index (κ2) is 7.90. The molecule has 5 nitrogen and oxygen atoms in total.